The van der Waals surface area contributed by atoms with Crippen LogP contribution >= 0.6 is 11.6 Å². The molecule has 1 amide bonds. The molecule has 7 heteroatoms. The number of nitrogens with zero attached hydrogens (tertiary/aromatic N) is 4. The fraction of sp³-hybridized carbons (Fsp3) is 0.0476. The van der Waals surface area contributed by atoms with Crippen molar-refractivity contribution in [2.45, 2.75) is 6.54 Å². The van der Waals surface area contributed by atoms with Gasteiger partial charge in [0.15, 0.2) is 5.82 Å². The van der Waals surface area contributed by atoms with E-state index in [1.165, 1.54) is 6.21 Å². The summed E-state index contributed by atoms with van der Waals surface area (Å²) in [5.74, 6) is 0.357. The first kappa shape index (κ1) is 17.9. The number of nitrogens with one attached hydrogen (secondary N) is 1. The number of amides is 1. The average Bonchev–Trinajstić information content (AvgIpc) is 3.09. The number of pyridine rings is 1. The van der Waals surface area contributed by atoms with Gasteiger partial charge in [0, 0.05) is 16.8 Å². The van der Waals surface area contributed by atoms with E-state index in [4.69, 9.17) is 11.6 Å². The molecule has 0 atom stereocenters. The summed E-state index contributed by atoms with van der Waals surface area (Å²) in [7, 11) is 0. The number of hydrazone groups is 1. The van der Waals surface area contributed by atoms with Crippen LogP contribution in [0, 0.1) is 0 Å². The van der Waals surface area contributed by atoms with E-state index in [0.29, 0.717) is 16.5 Å². The van der Waals surface area contributed by atoms with Gasteiger partial charge in [-0.2, -0.15) is 5.10 Å². The Morgan fingerprint density at radius 3 is 2.68 bits per heavy atom. The van der Waals surface area contributed by atoms with Crippen molar-refractivity contribution >= 4 is 34.8 Å². The molecule has 0 saturated carbocycles. The number of aromatic nitrogens is 3. The average molecular weight is 390 g/mol. The van der Waals surface area contributed by atoms with Crippen molar-refractivity contribution < 1.29 is 4.79 Å². The van der Waals surface area contributed by atoms with Crippen LogP contribution in [0.15, 0.2) is 78.0 Å². The lowest BCUT2D eigenvalue weighted by molar-refractivity contribution is -0.121. The number of benzene rings is 2. The van der Waals surface area contributed by atoms with E-state index in [2.05, 4.69) is 20.5 Å². The highest BCUT2D eigenvalue weighted by atomic mass is 35.5. The Bertz CT molecular complexity index is 1150. The van der Waals surface area contributed by atoms with Crippen molar-refractivity contribution in [3.05, 3.63) is 83.5 Å². The number of hydrogen-bond acceptors (Lipinski definition) is 4. The van der Waals surface area contributed by atoms with Crippen molar-refractivity contribution in [1.29, 1.82) is 0 Å². The summed E-state index contributed by atoms with van der Waals surface area (Å²) in [5.41, 5.74) is 5.63. The zero-order chi connectivity index (χ0) is 19.3. The van der Waals surface area contributed by atoms with Crippen LogP contribution in [0.5, 0.6) is 0 Å². The van der Waals surface area contributed by atoms with E-state index in [1.807, 2.05) is 65.2 Å². The zero-order valence-corrected chi connectivity index (χ0v) is 15.5. The minimum Gasteiger partial charge on any atom is -0.313 e. The fourth-order valence-corrected chi connectivity index (χ4v) is 3.04. The molecule has 2 heterocycles. The molecule has 2 aromatic carbocycles. The zero-order valence-electron chi connectivity index (χ0n) is 14.8. The minimum absolute atomic E-state index is 0.0618. The van der Waals surface area contributed by atoms with Crippen LogP contribution in [0.4, 0.5) is 0 Å². The molecular weight excluding hydrogens is 374 g/mol. The van der Waals surface area contributed by atoms with E-state index in [1.54, 1.807) is 12.3 Å². The molecule has 2 aromatic heterocycles. The lowest BCUT2D eigenvalue weighted by Gasteiger charge is -2.08. The van der Waals surface area contributed by atoms with Gasteiger partial charge in [0.05, 0.1) is 17.2 Å². The summed E-state index contributed by atoms with van der Waals surface area (Å²) in [4.78, 5) is 21.5. The van der Waals surface area contributed by atoms with Gasteiger partial charge in [-0.25, -0.2) is 10.4 Å². The van der Waals surface area contributed by atoms with Crippen LogP contribution in [-0.4, -0.2) is 26.7 Å². The molecule has 138 valence electrons. The fourth-order valence-electron chi connectivity index (χ4n) is 2.86. The summed E-state index contributed by atoms with van der Waals surface area (Å²) in [5, 5.41) is 4.58. The Morgan fingerprint density at radius 2 is 1.86 bits per heavy atom. The van der Waals surface area contributed by atoms with Gasteiger partial charge in [-0.15, -0.1) is 0 Å². The highest BCUT2D eigenvalue weighted by Gasteiger charge is 2.15. The van der Waals surface area contributed by atoms with Gasteiger partial charge >= 0.3 is 0 Å². The number of fused-ring (bicyclic) bond motifs is 1. The van der Waals surface area contributed by atoms with Crippen molar-refractivity contribution in [3.63, 3.8) is 0 Å². The van der Waals surface area contributed by atoms with Gasteiger partial charge in [0.25, 0.3) is 5.91 Å². The van der Waals surface area contributed by atoms with Gasteiger partial charge in [0.2, 0.25) is 0 Å². The SMILES string of the molecule is O=C(Cn1c(-c2ccccn2)nc2ccccc21)N/N=C/c1ccccc1Cl. The lowest BCUT2D eigenvalue weighted by atomic mass is 10.2. The van der Waals surface area contributed by atoms with Crippen molar-refractivity contribution in [2.75, 3.05) is 0 Å². The number of para-hydroxylation sites is 2. The standard InChI is InChI=1S/C21H16ClN5O/c22-16-8-2-1-7-15(16)13-24-26-20(28)14-27-19-11-4-3-9-17(19)25-21(27)18-10-5-6-12-23-18/h1-13H,14H2,(H,26,28)/b24-13+. The molecule has 0 aliphatic rings. The van der Waals surface area contributed by atoms with Crippen molar-refractivity contribution in [2.24, 2.45) is 5.10 Å². The molecule has 28 heavy (non-hydrogen) atoms. The topological polar surface area (TPSA) is 72.2 Å². The number of halogens is 1. The third kappa shape index (κ3) is 3.77. The maximum atomic E-state index is 12.5. The highest BCUT2D eigenvalue weighted by Crippen LogP contribution is 2.23. The predicted octanol–water partition coefficient (Wildman–Crippen LogP) is 3.90. The first-order valence-electron chi connectivity index (χ1n) is 8.65. The van der Waals surface area contributed by atoms with Gasteiger partial charge in [-0.3, -0.25) is 9.78 Å². The molecule has 0 unspecified atom stereocenters. The molecule has 1 N–H and O–H groups in total. The summed E-state index contributed by atoms with van der Waals surface area (Å²) in [6, 6.07) is 20.5. The van der Waals surface area contributed by atoms with Crippen LogP contribution in [0.3, 0.4) is 0 Å². The maximum absolute atomic E-state index is 12.5. The van der Waals surface area contributed by atoms with E-state index in [0.717, 1.165) is 16.6 Å². The number of imidazole rings is 1. The number of carbonyl (C=O) groups excluding carboxylic acids is 1. The van der Waals surface area contributed by atoms with Gasteiger partial charge in [0.1, 0.15) is 12.2 Å². The van der Waals surface area contributed by atoms with Gasteiger partial charge < -0.3 is 4.57 Å². The normalized spacial score (nSPS) is 11.2. The van der Waals surface area contributed by atoms with E-state index >= 15 is 0 Å². The second kappa shape index (κ2) is 8.02. The molecule has 4 aromatic rings. The van der Waals surface area contributed by atoms with Crippen LogP contribution in [0.1, 0.15) is 5.56 Å². The second-order valence-corrected chi connectivity index (χ2v) is 6.45. The molecule has 0 radical (unpaired) electrons. The van der Waals surface area contributed by atoms with Crippen LogP contribution < -0.4 is 5.43 Å². The quantitative estimate of drug-likeness (QED) is 0.415. The Kier molecular flexibility index (Phi) is 5.12. The van der Waals surface area contributed by atoms with Crippen molar-refractivity contribution in [3.8, 4) is 11.5 Å². The minimum atomic E-state index is -0.274. The molecule has 4 rings (SSSR count). The van der Waals surface area contributed by atoms with Crippen LogP contribution in [0.25, 0.3) is 22.6 Å². The van der Waals surface area contributed by atoms with E-state index in [9.17, 15) is 4.79 Å². The van der Waals surface area contributed by atoms with E-state index in [-0.39, 0.29) is 12.5 Å². The van der Waals surface area contributed by atoms with Crippen molar-refractivity contribution in [1.82, 2.24) is 20.0 Å². The molecule has 0 aliphatic heterocycles. The first-order chi connectivity index (χ1) is 13.7. The monoisotopic (exact) mass is 389 g/mol. The number of hydrogen-bond donors (Lipinski definition) is 1. The Balaban J connectivity index is 1.59. The molecule has 6 nitrogen and oxygen atoms in total. The lowest BCUT2D eigenvalue weighted by Crippen LogP contribution is -2.23. The molecule has 0 saturated heterocycles. The third-order valence-electron chi connectivity index (χ3n) is 4.15. The molecule has 0 fully saturated rings. The van der Waals surface area contributed by atoms with Crippen LogP contribution in [0.2, 0.25) is 5.02 Å². The third-order valence-corrected chi connectivity index (χ3v) is 4.49. The second-order valence-electron chi connectivity index (χ2n) is 6.04. The Morgan fingerprint density at radius 1 is 1.07 bits per heavy atom. The Hall–Kier alpha value is -3.51. The predicted molar refractivity (Wildman–Crippen MR) is 110 cm³/mol. The molecular formula is C21H16ClN5O. The molecule has 0 spiro atoms. The summed E-state index contributed by atoms with van der Waals surface area (Å²) in [6.07, 6.45) is 3.22. The smallest absolute Gasteiger partial charge is 0.260 e. The molecule has 0 bridgehead atoms. The molecule has 0 aliphatic carbocycles. The summed E-state index contributed by atoms with van der Waals surface area (Å²) < 4.78 is 1.83. The van der Waals surface area contributed by atoms with Crippen LogP contribution in [-0.2, 0) is 11.3 Å². The number of carbonyl (C=O) groups is 1. The van der Waals surface area contributed by atoms with Gasteiger partial charge in [-0.05, 0) is 30.3 Å². The summed E-state index contributed by atoms with van der Waals surface area (Å²) in [6.45, 7) is 0.0618. The Labute approximate surface area is 166 Å². The largest absolute Gasteiger partial charge is 0.313 e. The number of rotatable bonds is 5. The van der Waals surface area contributed by atoms with Gasteiger partial charge in [-0.1, -0.05) is 48.0 Å². The highest BCUT2D eigenvalue weighted by molar-refractivity contribution is 6.33. The first-order valence-corrected chi connectivity index (χ1v) is 9.03. The summed E-state index contributed by atoms with van der Waals surface area (Å²) >= 11 is 6.09. The van der Waals surface area contributed by atoms with E-state index < -0.39 is 0 Å². The maximum Gasteiger partial charge on any atom is 0.260 e.